The lowest BCUT2D eigenvalue weighted by Crippen LogP contribution is -2.16. The SMILES string of the molecule is Cc1c(-c2cc3n(n2)CCCC3=O)cccc1-c1cccc(-c2cc3n(n2)CCCC3=O)c1C. The van der Waals surface area contributed by atoms with Crippen molar-refractivity contribution in [2.45, 2.75) is 52.6 Å². The van der Waals surface area contributed by atoms with Gasteiger partial charge in [-0.05, 0) is 61.1 Å². The molecule has 6 nitrogen and oxygen atoms in total. The van der Waals surface area contributed by atoms with E-state index in [9.17, 15) is 9.59 Å². The van der Waals surface area contributed by atoms with Crippen LogP contribution in [-0.4, -0.2) is 31.1 Å². The Morgan fingerprint density at radius 1 is 0.647 bits per heavy atom. The van der Waals surface area contributed by atoms with Crippen molar-refractivity contribution in [3.8, 4) is 33.6 Å². The Labute approximate surface area is 198 Å². The molecule has 0 spiro atoms. The topological polar surface area (TPSA) is 69.8 Å². The fraction of sp³-hybridized carbons (Fsp3) is 0.286. The van der Waals surface area contributed by atoms with Crippen LogP contribution in [0.4, 0.5) is 0 Å². The van der Waals surface area contributed by atoms with E-state index in [1.165, 1.54) is 0 Å². The zero-order chi connectivity index (χ0) is 23.4. The second-order valence-electron chi connectivity index (χ2n) is 9.29. The second kappa shape index (κ2) is 7.90. The van der Waals surface area contributed by atoms with Crippen LogP contribution in [0.1, 0.15) is 57.8 Å². The number of ketones is 2. The number of carbonyl (C=O) groups excluding carboxylic acids is 2. The molecule has 0 aliphatic carbocycles. The van der Waals surface area contributed by atoms with Crippen LogP contribution in [0.2, 0.25) is 0 Å². The summed E-state index contributed by atoms with van der Waals surface area (Å²) in [6.07, 6.45) is 2.89. The third-order valence-electron chi connectivity index (χ3n) is 7.19. The molecule has 0 radical (unpaired) electrons. The van der Waals surface area contributed by atoms with Crippen LogP contribution in [-0.2, 0) is 13.1 Å². The molecular weight excluding hydrogens is 424 g/mol. The highest BCUT2D eigenvalue weighted by Crippen LogP contribution is 2.37. The van der Waals surface area contributed by atoms with E-state index in [1.807, 2.05) is 21.5 Å². The number of fused-ring (bicyclic) bond motifs is 2. The number of carbonyl (C=O) groups is 2. The monoisotopic (exact) mass is 450 g/mol. The highest BCUT2D eigenvalue weighted by Gasteiger charge is 2.23. The molecule has 0 unspecified atom stereocenters. The number of hydrogen-bond acceptors (Lipinski definition) is 4. The maximum Gasteiger partial charge on any atom is 0.180 e. The summed E-state index contributed by atoms with van der Waals surface area (Å²) < 4.78 is 3.70. The van der Waals surface area contributed by atoms with Gasteiger partial charge in [0.05, 0.1) is 11.4 Å². The van der Waals surface area contributed by atoms with Crippen molar-refractivity contribution in [3.05, 3.63) is 71.0 Å². The molecule has 0 fully saturated rings. The number of rotatable bonds is 3. The molecule has 0 atom stereocenters. The number of nitrogens with zero attached hydrogens (tertiary/aromatic N) is 4. The first-order valence-electron chi connectivity index (χ1n) is 11.9. The van der Waals surface area contributed by atoms with Crippen LogP contribution >= 0.6 is 0 Å². The molecule has 2 aromatic heterocycles. The van der Waals surface area contributed by atoms with Crippen molar-refractivity contribution in [3.63, 3.8) is 0 Å². The molecule has 0 amide bonds. The lowest BCUT2D eigenvalue weighted by Gasteiger charge is -2.15. The molecule has 170 valence electrons. The first-order chi connectivity index (χ1) is 16.5. The number of aromatic nitrogens is 4. The maximum absolute atomic E-state index is 12.3. The molecule has 6 rings (SSSR count). The summed E-state index contributed by atoms with van der Waals surface area (Å²) in [5.41, 5.74) is 9.72. The van der Waals surface area contributed by atoms with E-state index in [0.717, 1.165) is 70.7 Å². The van der Waals surface area contributed by atoms with Crippen molar-refractivity contribution in [2.24, 2.45) is 0 Å². The summed E-state index contributed by atoms with van der Waals surface area (Å²) >= 11 is 0. The molecule has 4 heterocycles. The average Bonchev–Trinajstić information content (AvgIpc) is 3.46. The molecule has 0 saturated carbocycles. The largest absolute Gasteiger partial charge is 0.292 e. The summed E-state index contributed by atoms with van der Waals surface area (Å²) in [5.74, 6) is 0.340. The van der Waals surface area contributed by atoms with Gasteiger partial charge in [-0.1, -0.05) is 36.4 Å². The summed E-state index contributed by atoms with van der Waals surface area (Å²) in [5, 5.41) is 9.50. The van der Waals surface area contributed by atoms with Crippen LogP contribution in [0.15, 0.2) is 48.5 Å². The quantitative estimate of drug-likeness (QED) is 0.404. The smallest absolute Gasteiger partial charge is 0.180 e. The van der Waals surface area contributed by atoms with Crippen molar-refractivity contribution >= 4 is 11.6 Å². The minimum atomic E-state index is 0.170. The summed E-state index contributed by atoms with van der Waals surface area (Å²) in [6.45, 7) is 5.81. The molecule has 0 bridgehead atoms. The number of hydrogen-bond donors (Lipinski definition) is 0. The van der Waals surface area contributed by atoms with Gasteiger partial charge in [-0.25, -0.2) is 0 Å². The number of aryl methyl sites for hydroxylation is 2. The molecule has 2 aliphatic rings. The van der Waals surface area contributed by atoms with E-state index in [2.05, 4.69) is 50.2 Å². The maximum atomic E-state index is 12.3. The predicted molar refractivity (Wildman–Crippen MR) is 131 cm³/mol. The van der Waals surface area contributed by atoms with Crippen molar-refractivity contribution in [2.75, 3.05) is 0 Å². The average molecular weight is 451 g/mol. The van der Waals surface area contributed by atoms with E-state index in [0.29, 0.717) is 24.2 Å². The van der Waals surface area contributed by atoms with Crippen molar-refractivity contribution < 1.29 is 9.59 Å². The fourth-order valence-electron chi connectivity index (χ4n) is 5.33. The van der Waals surface area contributed by atoms with E-state index >= 15 is 0 Å². The highest BCUT2D eigenvalue weighted by molar-refractivity contribution is 5.97. The number of Topliss-reactive ketones (excluding diaryl/α,β-unsaturated/α-hetero) is 2. The molecule has 34 heavy (non-hydrogen) atoms. The second-order valence-corrected chi connectivity index (χ2v) is 9.29. The molecule has 4 aromatic rings. The van der Waals surface area contributed by atoms with Gasteiger partial charge < -0.3 is 0 Å². The first kappa shape index (κ1) is 20.8. The Hall–Kier alpha value is -3.80. The summed E-state index contributed by atoms with van der Waals surface area (Å²) in [4.78, 5) is 24.6. The first-order valence-corrected chi connectivity index (χ1v) is 11.9. The van der Waals surface area contributed by atoms with Crippen molar-refractivity contribution in [1.82, 2.24) is 19.6 Å². The van der Waals surface area contributed by atoms with Gasteiger partial charge >= 0.3 is 0 Å². The van der Waals surface area contributed by atoms with Gasteiger partial charge in [-0.15, -0.1) is 0 Å². The Morgan fingerprint density at radius 2 is 1.06 bits per heavy atom. The van der Waals surface area contributed by atoms with Crippen LogP contribution in [0.25, 0.3) is 33.6 Å². The number of benzene rings is 2. The molecule has 6 heteroatoms. The minimum Gasteiger partial charge on any atom is -0.292 e. The molecule has 2 aliphatic heterocycles. The van der Waals surface area contributed by atoms with E-state index in [1.54, 1.807) is 0 Å². The van der Waals surface area contributed by atoms with Gasteiger partial charge in [-0.3, -0.25) is 19.0 Å². The van der Waals surface area contributed by atoms with Gasteiger partial charge in [0.25, 0.3) is 0 Å². The van der Waals surface area contributed by atoms with Gasteiger partial charge in [0.15, 0.2) is 11.6 Å². The fourth-order valence-corrected chi connectivity index (χ4v) is 5.33. The predicted octanol–water partition coefficient (Wildman–Crippen LogP) is 5.65. The van der Waals surface area contributed by atoms with Crippen LogP contribution < -0.4 is 0 Å². The summed E-state index contributed by atoms with van der Waals surface area (Å²) in [6, 6.07) is 16.4. The zero-order valence-electron chi connectivity index (χ0n) is 19.5. The van der Waals surface area contributed by atoms with E-state index < -0.39 is 0 Å². The van der Waals surface area contributed by atoms with E-state index in [-0.39, 0.29) is 11.6 Å². The third-order valence-corrected chi connectivity index (χ3v) is 7.19. The Bertz CT molecular complexity index is 1360. The van der Waals surface area contributed by atoms with Crippen LogP contribution in [0.3, 0.4) is 0 Å². The Morgan fingerprint density at radius 3 is 1.47 bits per heavy atom. The Kier molecular flexibility index (Phi) is 4.83. The van der Waals surface area contributed by atoms with Gasteiger partial charge in [0.1, 0.15) is 11.4 Å². The van der Waals surface area contributed by atoms with E-state index in [4.69, 9.17) is 10.2 Å². The lowest BCUT2D eigenvalue weighted by atomic mass is 9.90. The molecule has 2 aromatic carbocycles. The standard InChI is InChI=1S/C28H26N4O2/c1-17-19(7-3-9-21(17)23-15-25-27(33)11-5-13-31(25)29-23)20-8-4-10-22(18(20)2)24-16-26-28(34)12-6-14-32(26)30-24/h3-4,7-10,15-16H,5-6,11-14H2,1-2H3. The normalized spacial score (nSPS) is 15.4. The molecular formula is C28H26N4O2. The molecule has 0 saturated heterocycles. The van der Waals surface area contributed by atoms with Gasteiger partial charge in [0, 0.05) is 37.1 Å². The van der Waals surface area contributed by atoms with Gasteiger partial charge in [0.2, 0.25) is 0 Å². The lowest BCUT2D eigenvalue weighted by molar-refractivity contribution is 0.0943. The van der Waals surface area contributed by atoms with Gasteiger partial charge in [-0.2, -0.15) is 10.2 Å². The molecule has 0 N–H and O–H groups in total. The van der Waals surface area contributed by atoms with Crippen LogP contribution in [0.5, 0.6) is 0 Å². The highest BCUT2D eigenvalue weighted by atomic mass is 16.1. The Balaban J connectivity index is 1.43. The zero-order valence-corrected chi connectivity index (χ0v) is 19.5. The van der Waals surface area contributed by atoms with Crippen molar-refractivity contribution in [1.29, 1.82) is 0 Å². The third kappa shape index (κ3) is 3.24. The summed E-state index contributed by atoms with van der Waals surface area (Å²) in [7, 11) is 0. The minimum absolute atomic E-state index is 0.170. The van der Waals surface area contributed by atoms with Crippen LogP contribution in [0, 0.1) is 13.8 Å².